The number of carboxylic acid groups (broad SMARTS) is 1. The van der Waals surface area contributed by atoms with E-state index in [9.17, 15) is 9.59 Å². The summed E-state index contributed by atoms with van der Waals surface area (Å²) < 4.78 is 0. The van der Waals surface area contributed by atoms with Crippen molar-refractivity contribution in [1.82, 2.24) is 14.9 Å². The maximum absolute atomic E-state index is 12.3. The Morgan fingerprint density at radius 1 is 1.40 bits per heavy atom. The van der Waals surface area contributed by atoms with Crippen molar-refractivity contribution in [2.75, 3.05) is 30.3 Å². The Hall–Kier alpha value is -1.54. The minimum atomic E-state index is -0.930. The number of aromatic nitrogens is 2. The van der Waals surface area contributed by atoms with Crippen LogP contribution in [0.5, 0.6) is 0 Å². The minimum Gasteiger partial charge on any atom is -0.481 e. The number of piperazine rings is 1. The first-order chi connectivity index (χ1) is 11.8. The summed E-state index contributed by atoms with van der Waals surface area (Å²) in [6, 6.07) is 1.74. The fraction of sp³-hybridized carbons (Fsp3) is 0.625. The zero-order chi connectivity index (χ0) is 18.6. The third-order valence-electron chi connectivity index (χ3n) is 3.84. The van der Waals surface area contributed by atoms with Crippen molar-refractivity contribution < 1.29 is 14.7 Å². The van der Waals surface area contributed by atoms with Crippen LogP contribution in [0, 0.1) is 5.92 Å². The lowest BCUT2D eigenvalue weighted by Crippen LogP contribution is -2.54. The molecule has 1 amide bonds. The smallest absolute Gasteiger partial charge is 0.313 e. The molecule has 1 unspecified atom stereocenters. The van der Waals surface area contributed by atoms with E-state index in [1.165, 1.54) is 0 Å². The average Bonchev–Trinajstić information content (AvgIpc) is 2.51. The van der Waals surface area contributed by atoms with Gasteiger partial charge in [0, 0.05) is 38.2 Å². The van der Waals surface area contributed by atoms with Gasteiger partial charge < -0.3 is 14.9 Å². The van der Waals surface area contributed by atoms with Crippen LogP contribution in [0.1, 0.15) is 27.2 Å². The number of aliphatic carboxylic acids is 1. The van der Waals surface area contributed by atoms with Gasteiger partial charge in [-0.05, 0) is 12.8 Å². The molecule has 1 aliphatic rings. The number of anilines is 1. The molecule has 2 heterocycles. The van der Waals surface area contributed by atoms with Crippen molar-refractivity contribution in [2.45, 2.75) is 38.4 Å². The van der Waals surface area contributed by atoms with Crippen LogP contribution in [0.15, 0.2) is 11.2 Å². The molecule has 1 N–H and O–H groups in total. The van der Waals surface area contributed by atoms with Crippen LogP contribution in [0.2, 0.25) is 5.15 Å². The molecule has 0 saturated carbocycles. The monoisotopic (exact) mass is 386 g/mol. The zero-order valence-electron chi connectivity index (χ0n) is 14.6. The zero-order valence-corrected chi connectivity index (χ0v) is 16.2. The second kappa shape index (κ2) is 8.71. The van der Waals surface area contributed by atoms with Gasteiger partial charge in [0.25, 0.3) is 0 Å². The van der Waals surface area contributed by atoms with Gasteiger partial charge in [-0.3, -0.25) is 9.59 Å². The van der Waals surface area contributed by atoms with Gasteiger partial charge in [-0.1, -0.05) is 37.2 Å². The number of carboxylic acids is 1. The molecule has 0 radical (unpaired) electrons. The third kappa shape index (κ3) is 5.74. The van der Waals surface area contributed by atoms with Crippen molar-refractivity contribution in [3.63, 3.8) is 0 Å². The van der Waals surface area contributed by atoms with E-state index < -0.39 is 5.97 Å². The maximum atomic E-state index is 12.3. The van der Waals surface area contributed by atoms with E-state index in [1.807, 2.05) is 25.7 Å². The Kier molecular flexibility index (Phi) is 6.89. The molecule has 1 aromatic heterocycles. The Bertz CT molecular complexity index is 644. The van der Waals surface area contributed by atoms with Gasteiger partial charge in [0.05, 0.1) is 5.75 Å². The van der Waals surface area contributed by atoms with Crippen molar-refractivity contribution >= 4 is 41.1 Å². The first kappa shape index (κ1) is 19.8. The number of hydrogen-bond donors (Lipinski definition) is 1. The van der Waals surface area contributed by atoms with Crippen molar-refractivity contribution in [2.24, 2.45) is 5.92 Å². The van der Waals surface area contributed by atoms with Crippen molar-refractivity contribution in [1.29, 1.82) is 0 Å². The molecule has 138 valence electrons. The number of hydrogen-bond acceptors (Lipinski definition) is 6. The molecule has 1 saturated heterocycles. The van der Waals surface area contributed by atoms with Gasteiger partial charge in [-0.15, -0.1) is 0 Å². The van der Waals surface area contributed by atoms with Gasteiger partial charge >= 0.3 is 5.97 Å². The topological polar surface area (TPSA) is 86.6 Å². The highest BCUT2D eigenvalue weighted by Crippen LogP contribution is 2.24. The molecule has 0 aliphatic carbocycles. The second-order valence-corrected chi connectivity index (χ2v) is 7.82. The van der Waals surface area contributed by atoms with Crippen LogP contribution in [-0.4, -0.2) is 63.3 Å². The van der Waals surface area contributed by atoms with E-state index in [0.29, 0.717) is 42.9 Å². The largest absolute Gasteiger partial charge is 0.481 e. The normalized spacial score (nSPS) is 17.9. The van der Waals surface area contributed by atoms with Gasteiger partial charge in [0.1, 0.15) is 11.0 Å². The average molecular weight is 387 g/mol. The number of carbonyl (C=O) groups excluding carboxylic acids is 1. The van der Waals surface area contributed by atoms with Crippen molar-refractivity contribution in [3.05, 3.63) is 11.2 Å². The van der Waals surface area contributed by atoms with Crippen LogP contribution >= 0.6 is 23.4 Å². The van der Waals surface area contributed by atoms with Crippen molar-refractivity contribution in [3.8, 4) is 0 Å². The Labute approximate surface area is 156 Å². The fourth-order valence-electron chi connectivity index (χ4n) is 2.74. The molecular formula is C16H23ClN4O3S. The van der Waals surface area contributed by atoms with Crippen LogP contribution < -0.4 is 4.90 Å². The molecule has 0 bridgehead atoms. The standard InChI is InChI=1S/C16H23ClN4O3S/c1-10(2)6-14(22)21-5-4-20(8-11(21)3)13-7-12(17)18-16(19-13)25-9-15(23)24/h7,10-11H,4-6,8-9H2,1-3H3,(H,23,24). The Morgan fingerprint density at radius 3 is 2.72 bits per heavy atom. The number of amides is 1. The molecule has 7 nitrogen and oxygen atoms in total. The van der Waals surface area contributed by atoms with Crippen LogP contribution in [0.25, 0.3) is 0 Å². The highest BCUT2D eigenvalue weighted by Gasteiger charge is 2.28. The first-order valence-corrected chi connectivity index (χ1v) is 9.56. The SMILES string of the molecule is CC(C)CC(=O)N1CCN(c2cc(Cl)nc(SCC(=O)O)n2)CC1C. The van der Waals surface area contributed by atoms with E-state index in [-0.39, 0.29) is 22.9 Å². The van der Waals surface area contributed by atoms with Gasteiger partial charge in [0.2, 0.25) is 5.91 Å². The fourth-order valence-corrected chi connectivity index (χ4v) is 3.54. The molecular weight excluding hydrogens is 364 g/mol. The molecule has 1 atom stereocenters. The summed E-state index contributed by atoms with van der Waals surface area (Å²) in [5.74, 6) is 0.137. The summed E-state index contributed by atoms with van der Waals surface area (Å²) in [7, 11) is 0. The molecule has 9 heteroatoms. The molecule has 25 heavy (non-hydrogen) atoms. The number of nitrogens with zero attached hydrogens (tertiary/aromatic N) is 4. The first-order valence-electron chi connectivity index (χ1n) is 8.20. The Morgan fingerprint density at radius 2 is 2.12 bits per heavy atom. The summed E-state index contributed by atoms with van der Waals surface area (Å²) in [5, 5.41) is 9.41. The van der Waals surface area contributed by atoms with Crippen LogP contribution in [0.3, 0.4) is 0 Å². The number of carbonyl (C=O) groups is 2. The molecule has 1 aliphatic heterocycles. The summed E-state index contributed by atoms with van der Waals surface area (Å²) >= 11 is 7.09. The van der Waals surface area contributed by atoms with E-state index in [2.05, 4.69) is 14.9 Å². The predicted molar refractivity (Wildman–Crippen MR) is 98.2 cm³/mol. The lowest BCUT2D eigenvalue weighted by Gasteiger charge is -2.40. The molecule has 0 spiro atoms. The molecule has 2 rings (SSSR count). The third-order valence-corrected chi connectivity index (χ3v) is 4.87. The lowest BCUT2D eigenvalue weighted by atomic mass is 10.1. The number of halogens is 1. The highest BCUT2D eigenvalue weighted by atomic mass is 35.5. The Balaban J connectivity index is 2.06. The summed E-state index contributed by atoms with van der Waals surface area (Å²) in [6.07, 6.45) is 0.555. The molecule has 1 fully saturated rings. The van der Waals surface area contributed by atoms with Crippen LogP contribution in [0.4, 0.5) is 5.82 Å². The number of rotatable bonds is 6. The predicted octanol–water partition coefficient (Wildman–Crippen LogP) is 2.39. The highest BCUT2D eigenvalue weighted by molar-refractivity contribution is 7.99. The lowest BCUT2D eigenvalue weighted by molar-refractivity contribution is -0.135. The van der Waals surface area contributed by atoms with E-state index in [0.717, 1.165) is 11.8 Å². The second-order valence-electron chi connectivity index (χ2n) is 6.49. The van der Waals surface area contributed by atoms with Gasteiger partial charge in [0.15, 0.2) is 5.16 Å². The minimum absolute atomic E-state index is 0.0730. The van der Waals surface area contributed by atoms with E-state index in [4.69, 9.17) is 16.7 Å². The van der Waals surface area contributed by atoms with Crippen LogP contribution in [-0.2, 0) is 9.59 Å². The summed E-state index contributed by atoms with van der Waals surface area (Å²) in [6.45, 7) is 8.04. The van der Waals surface area contributed by atoms with Gasteiger partial charge in [-0.2, -0.15) is 0 Å². The number of thioether (sulfide) groups is 1. The quantitative estimate of drug-likeness (QED) is 0.456. The molecule has 1 aromatic rings. The van der Waals surface area contributed by atoms with Gasteiger partial charge in [-0.25, -0.2) is 9.97 Å². The summed E-state index contributed by atoms with van der Waals surface area (Å²) in [4.78, 5) is 35.5. The van der Waals surface area contributed by atoms with E-state index >= 15 is 0 Å². The maximum Gasteiger partial charge on any atom is 0.313 e. The molecule has 0 aromatic carbocycles. The van der Waals surface area contributed by atoms with E-state index in [1.54, 1.807) is 6.07 Å². The summed E-state index contributed by atoms with van der Waals surface area (Å²) in [5.41, 5.74) is 0.